The summed E-state index contributed by atoms with van der Waals surface area (Å²) in [5.41, 5.74) is 2.17. The lowest BCUT2D eigenvalue weighted by molar-refractivity contribution is -0.117. The summed E-state index contributed by atoms with van der Waals surface area (Å²) in [6.45, 7) is 0.703. The van der Waals surface area contributed by atoms with Gasteiger partial charge < -0.3 is 14.4 Å². The summed E-state index contributed by atoms with van der Waals surface area (Å²) < 4.78 is 10.0. The fourth-order valence-electron chi connectivity index (χ4n) is 2.86. The molecule has 0 saturated carbocycles. The first kappa shape index (κ1) is 17.7. The number of benzene rings is 2. The lowest BCUT2D eigenvalue weighted by Gasteiger charge is -2.16. The van der Waals surface area contributed by atoms with Gasteiger partial charge in [0.2, 0.25) is 5.91 Å². The minimum Gasteiger partial charge on any atom is -0.465 e. The number of carbonyl (C=O) groups is 3. The minimum absolute atomic E-state index is 0.0382. The molecular weight excluding hydrogens is 334 g/mol. The monoisotopic (exact) mass is 353 g/mol. The number of anilines is 1. The van der Waals surface area contributed by atoms with E-state index in [2.05, 4.69) is 4.74 Å². The highest BCUT2D eigenvalue weighted by atomic mass is 16.5. The van der Waals surface area contributed by atoms with Gasteiger partial charge in [0.1, 0.15) is 6.61 Å². The van der Waals surface area contributed by atoms with Crippen LogP contribution in [0.25, 0.3) is 0 Å². The molecule has 0 atom stereocenters. The second-order valence-electron chi connectivity index (χ2n) is 5.97. The van der Waals surface area contributed by atoms with E-state index in [1.807, 2.05) is 0 Å². The molecule has 3 rings (SSSR count). The molecule has 0 N–H and O–H groups in total. The van der Waals surface area contributed by atoms with Crippen LogP contribution in [0.5, 0.6) is 0 Å². The van der Waals surface area contributed by atoms with Gasteiger partial charge in [-0.1, -0.05) is 18.2 Å². The molecule has 2 aromatic carbocycles. The Morgan fingerprint density at radius 2 is 1.77 bits per heavy atom. The summed E-state index contributed by atoms with van der Waals surface area (Å²) in [6.07, 6.45) is 1.36. The predicted octanol–water partition coefficient (Wildman–Crippen LogP) is 2.96. The second-order valence-corrected chi connectivity index (χ2v) is 5.97. The third kappa shape index (κ3) is 3.91. The van der Waals surface area contributed by atoms with Crippen LogP contribution in [0.3, 0.4) is 0 Å². The van der Waals surface area contributed by atoms with Crippen molar-refractivity contribution in [3.63, 3.8) is 0 Å². The number of nitrogens with zero attached hydrogens (tertiary/aromatic N) is 1. The molecule has 0 unspecified atom stereocenters. The average molecular weight is 353 g/mol. The fraction of sp³-hybridized carbons (Fsp3) is 0.250. The van der Waals surface area contributed by atoms with Crippen molar-refractivity contribution in [1.29, 1.82) is 0 Å². The zero-order valence-electron chi connectivity index (χ0n) is 14.4. The molecule has 6 heteroatoms. The van der Waals surface area contributed by atoms with E-state index >= 15 is 0 Å². The highest BCUT2D eigenvalue weighted by molar-refractivity contribution is 5.97. The van der Waals surface area contributed by atoms with Crippen molar-refractivity contribution < 1.29 is 23.9 Å². The Kier molecular flexibility index (Phi) is 5.31. The molecule has 1 amide bonds. The molecule has 0 aromatic heterocycles. The van der Waals surface area contributed by atoms with Crippen molar-refractivity contribution >= 4 is 23.5 Å². The average Bonchev–Trinajstić information content (AvgIpc) is 3.11. The van der Waals surface area contributed by atoms with Gasteiger partial charge in [-0.25, -0.2) is 9.59 Å². The topological polar surface area (TPSA) is 72.9 Å². The van der Waals surface area contributed by atoms with Crippen LogP contribution in [0.1, 0.15) is 39.1 Å². The smallest absolute Gasteiger partial charge is 0.338 e. The van der Waals surface area contributed by atoms with Crippen LogP contribution in [0.15, 0.2) is 48.5 Å². The number of hydrogen-bond acceptors (Lipinski definition) is 5. The highest BCUT2D eigenvalue weighted by Gasteiger charge is 2.22. The summed E-state index contributed by atoms with van der Waals surface area (Å²) in [4.78, 5) is 37.4. The van der Waals surface area contributed by atoms with Gasteiger partial charge in [0.05, 0.1) is 18.2 Å². The van der Waals surface area contributed by atoms with Gasteiger partial charge in [-0.15, -0.1) is 0 Å². The number of rotatable bonds is 5. The van der Waals surface area contributed by atoms with Gasteiger partial charge in [-0.3, -0.25) is 4.79 Å². The third-order valence-corrected chi connectivity index (χ3v) is 4.18. The SMILES string of the molecule is COC(=O)c1cccc(COC(=O)c2cccc(N3CCCC3=O)c2)c1. The predicted molar refractivity (Wildman–Crippen MR) is 94.9 cm³/mol. The first-order valence-corrected chi connectivity index (χ1v) is 8.33. The van der Waals surface area contributed by atoms with Crippen LogP contribution in [0.2, 0.25) is 0 Å². The number of ether oxygens (including phenoxy) is 2. The van der Waals surface area contributed by atoms with Crippen LogP contribution in [0.4, 0.5) is 5.69 Å². The number of hydrogen-bond donors (Lipinski definition) is 0. The van der Waals surface area contributed by atoms with Crippen molar-refractivity contribution in [2.75, 3.05) is 18.6 Å². The zero-order chi connectivity index (χ0) is 18.5. The maximum absolute atomic E-state index is 12.3. The Morgan fingerprint density at radius 1 is 1.04 bits per heavy atom. The fourth-order valence-corrected chi connectivity index (χ4v) is 2.86. The molecule has 1 aliphatic rings. The lowest BCUT2D eigenvalue weighted by Crippen LogP contribution is -2.23. The first-order valence-electron chi connectivity index (χ1n) is 8.33. The maximum atomic E-state index is 12.3. The van der Waals surface area contributed by atoms with Gasteiger partial charge in [-0.05, 0) is 42.3 Å². The number of methoxy groups -OCH3 is 1. The Labute approximate surface area is 151 Å². The zero-order valence-corrected chi connectivity index (χ0v) is 14.4. The van der Waals surface area contributed by atoms with Crippen molar-refractivity contribution in [3.8, 4) is 0 Å². The molecule has 6 nitrogen and oxygen atoms in total. The summed E-state index contributed by atoms with van der Waals surface area (Å²) in [6, 6.07) is 13.6. The molecular formula is C20H19NO5. The van der Waals surface area contributed by atoms with Crippen LogP contribution in [-0.2, 0) is 20.9 Å². The quantitative estimate of drug-likeness (QED) is 0.773. The van der Waals surface area contributed by atoms with Crippen LogP contribution in [-0.4, -0.2) is 31.5 Å². The highest BCUT2D eigenvalue weighted by Crippen LogP contribution is 2.22. The Hall–Kier alpha value is -3.15. The molecule has 0 bridgehead atoms. The van der Waals surface area contributed by atoms with Gasteiger partial charge >= 0.3 is 11.9 Å². The van der Waals surface area contributed by atoms with E-state index < -0.39 is 11.9 Å². The van der Waals surface area contributed by atoms with E-state index in [-0.39, 0.29) is 12.5 Å². The van der Waals surface area contributed by atoms with E-state index in [4.69, 9.17) is 4.74 Å². The van der Waals surface area contributed by atoms with E-state index in [1.54, 1.807) is 53.4 Å². The molecule has 1 heterocycles. The Morgan fingerprint density at radius 3 is 2.46 bits per heavy atom. The van der Waals surface area contributed by atoms with Gasteiger partial charge in [0.15, 0.2) is 0 Å². The standard InChI is InChI=1S/C20H19NO5/c1-25-19(23)15-6-2-5-14(11-15)13-26-20(24)16-7-3-8-17(12-16)21-10-4-9-18(21)22/h2-3,5-8,11-12H,4,9-10,13H2,1H3. The van der Waals surface area contributed by atoms with Gasteiger partial charge in [0, 0.05) is 18.7 Å². The van der Waals surface area contributed by atoms with Crippen LogP contribution in [0, 0.1) is 0 Å². The van der Waals surface area contributed by atoms with Crippen LogP contribution >= 0.6 is 0 Å². The molecule has 134 valence electrons. The van der Waals surface area contributed by atoms with E-state index in [0.29, 0.717) is 35.3 Å². The summed E-state index contributed by atoms with van der Waals surface area (Å²) in [5, 5.41) is 0. The summed E-state index contributed by atoms with van der Waals surface area (Å²) in [5.74, 6) is -0.863. The van der Waals surface area contributed by atoms with Gasteiger partial charge in [0.25, 0.3) is 0 Å². The van der Waals surface area contributed by atoms with Crippen molar-refractivity contribution in [2.45, 2.75) is 19.4 Å². The summed E-state index contributed by atoms with van der Waals surface area (Å²) >= 11 is 0. The second kappa shape index (κ2) is 7.82. The van der Waals surface area contributed by atoms with Crippen molar-refractivity contribution in [3.05, 3.63) is 65.2 Å². The minimum atomic E-state index is -0.484. The number of carbonyl (C=O) groups excluding carboxylic acids is 3. The maximum Gasteiger partial charge on any atom is 0.338 e. The molecule has 26 heavy (non-hydrogen) atoms. The van der Waals surface area contributed by atoms with Crippen molar-refractivity contribution in [2.24, 2.45) is 0 Å². The Bertz CT molecular complexity index is 846. The first-order chi connectivity index (χ1) is 12.6. The summed E-state index contributed by atoms with van der Waals surface area (Å²) in [7, 11) is 1.31. The lowest BCUT2D eigenvalue weighted by atomic mass is 10.1. The van der Waals surface area contributed by atoms with E-state index in [0.717, 1.165) is 6.42 Å². The van der Waals surface area contributed by atoms with Gasteiger partial charge in [-0.2, -0.15) is 0 Å². The largest absolute Gasteiger partial charge is 0.465 e. The van der Waals surface area contributed by atoms with E-state index in [1.165, 1.54) is 7.11 Å². The van der Waals surface area contributed by atoms with Crippen molar-refractivity contribution in [1.82, 2.24) is 0 Å². The number of amides is 1. The molecule has 1 aliphatic heterocycles. The molecule has 1 fully saturated rings. The third-order valence-electron chi connectivity index (χ3n) is 4.18. The molecule has 0 spiro atoms. The van der Waals surface area contributed by atoms with E-state index in [9.17, 15) is 14.4 Å². The Balaban J connectivity index is 1.67. The number of esters is 2. The molecule has 0 radical (unpaired) electrons. The normalized spacial score (nSPS) is 13.6. The molecule has 0 aliphatic carbocycles. The van der Waals surface area contributed by atoms with Crippen LogP contribution < -0.4 is 4.90 Å². The molecule has 1 saturated heterocycles. The molecule has 2 aromatic rings.